The highest BCUT2D eigenvalue weighted by Gasteiger charge is 2.15. The number of benzene rings is 1. The van der Waals surface area contributed by atoms with E-state index < -0.39 is 0 Å². The van der Waals surface area contributed by atoms with Crippen LogP contribution >= 0.6 is 0 Å². The molecule has 3 heteroatoms. The zero-order chi connectivity index (χ0) is 15.8. The van der Waals surface area contributed by atoms with Gasteiger partial charge in [0.25, 0.3) is 0 Å². The molecule has 0 saturated heterocycles. The monoisotopic (exact) mass is 300 g/mol. The van der Waals surface area contributed by atoms with Crippen LogP contribution in [0.4, 0.5) is 11.4 Å². The number of aryl methyl sites for hydroxylation is 1. The third-order valence-corrected chi connectivity index (χ3v) is 4.12. The molecule has 120 valence electrons. The fourth-order valence-electron chi connectivity index (χ4n) is 2.83. The van der Waals surface area contributed by atoms with Crippen molar-refractivity contribution < 1.29 is 4.79 Å². The Morgan fingerprint density at radius 1 is 1.05 bits per heavy atom. The average molecular weight is 300 g/mol. The summed E-state index contributed by atoms with van der Waals surface area (Å²) in [6.45, 7) is 4.41. The summed E-state index contributed by atoms with van der Waals surface area (Å²) in [6.07, 6.45) is 9.63. The number of amides is 1. The molecule has 1 heterocycles. The highest BCUT2D eigenvalue weighted by atomic mass is 16.1. The van der Waals surface area contributed by atoms with Crippen LogP contribution in [-0.2, 0) is 11.2 Å². The molecule has 0 atom stereocenters. The van der Waals surface area contributed by atoms with Gasteiger partial charge < -0.3 is 5.32 Å². The van der Waals surface area contributed by atoms with Gasteiger partial charge in [-0.25, -0.2) is 0 Å². The second kappa shape index (κ2) is 8.72. The molecule has 0 aromatic heterocycles. The maximum atomic E-state index is 12.1. The zero-order valence-corrected chi connectivity index (χ0v) is 14.0. The van der Waals surface area contributed by atoms with E-state index in [1.54, 1.807) is 0 Å². The van der Waals surface area contributed by atoms with Crippen LogP contribution in [0.1, 0.15) is 70.8 Å². The first kappa shape index (κ1) is 16.7. The van der Waals surface area contributed by atoms with Crippen molar-refractivity contribution in [1.82, 2.24) is 0 Å². The second-order valence-electron chi connectivity index (χ2n) is 6.17. The van der Waals surface area contributed by atoms with Gasteiger partial charge in [0, 0.05) is 5.71 Å². The largest absolute Gasteiger partial charge is 0.324 e. The van der Waals surface area contributed by atoms with E-state index in [4.69, 9.17) is 4.99 Å². The van der Waals surface area contributed by atoms with Crippen molar-refractivity contribution in [2.75, 3.05) is 5.32 Å². The standard InChI is InChI=1S/C19H28N2O/c1-3-5-7-9-15-11-12-17-18(13-15)21-19(22)14-16(20-17)10-8-6-4-2/h11-13H,3-10,14H2,1-2H3,(H,21,22). The summed E-state index contributed by atoms with van der Waals surface area (Å²) in [5.41, 5.74) is 4.10. The molecule has 0 fully saturated rings. The van der Waals surface area contributed by atoms with Crippen molar-refractivity contribution in [2.24, 2.45) is 4.99 Å². The molecule has 2 rings (SSSR count). The summed E-state index contributed by atoms with van der Waals surface area (Å²) < 4.78 is 0. The number of carbonyl (C=O) groups is 1. The maximum Gasteiger partial charge on any atom is 0.230 e. The number of nitrogens with zero attached hydrogens (tertiary/aromatic N) is 1. The molecule has 0 radical (unpaired) electrons. The number of unbranched alkanes of at least 4 members (excludes halogenated alkanes) is 4. The van der Waals surface area contributed by atoms with Gasteiger partial charge in [-0.1, -0.05) is 45.6 Å². The Morgan fingerprint density at radius 2 is 1.77 bits per heavy atom. The number of fused-ring (bicyclic) bond motifs is 1. The molecule has 1 aromatic carbocycles. The lowest BCUT2D eigenvalue weighted by atomic mass is 10.1. The molecule has 3 nitrogen and oxygen atoms in total. The normalized spacial score (nSPS) is 14.1. The smallest absolute Gasteiger partial charge is 0.230 e. The summed E-state index contributed by atoms with van der Waals surface area (Å²) in [5, 5.41) is 3.02. The van der Waals surface area contributed by atoms with Gasteiger partial charge in [0.05, 0.1) is 17.8 Å². The third-order valence-electron chi connectivity index (χ3n) is 4.12. The maximum absolute atomic E-state index is 12.1. The number of carbonyl (C=O) groups excluding carboxylic acids is 1. The highest BCUT2D eigenvalue weighted by Crippen LogP contribution is 2.30. The molecule has 0 unspecified atom stereocenters. The first-order valence-corrected chi connectivity index (χ1v) is 8.72. The van der Waals surface area contributed by atoms with E-state index >= 15 is 0 Å². The molecular weight excluding hydrogens is 272 g/mol. The Morgan fingerprint density at radius 3 is 2.50 bits per heavy atom. The molecule has 0 aliphatic carbocycles. The van der Waals surface area contributed by atoms with Gasteiger partial charge in [-0.3, -0.25) is 9.79 Å². The van der Waals surface area contributed by atoms with Gasteiger partial charge in [-0.15, -0.1) is 0 Å². The van der Waals surface area contributed by atoms with Crippen molar-refractivity contribution in [3.63, 3.8) is 0 Å². The number of aliphatic imine (C=N–C) groups is 1. The molecule has 1 amide bonds. The minimum absolute atomic E-state index is 0.0692. The Labute approximate surface area is 134 Å². The highest BCUT2D eigenvalue weighted by molar-refractivity contribution is 6.10. The van der Waals surface area contributed by atoms with Crippen LogP contribution < -0.4 is 5.32 Å². The number of hydrogen-bond acceptors (Lipinski definition) is 2. The lowest BCUT2D eigenvalue weighted by molar-refractivity contribution is -0.115. The second-order valence-corrected chi connectivity index (χ2v) is 6.17. The Balaban J connectivity index is 2.10. The van der Waals surface area contributed by atoms with E-state index in [0.717, 1.165) is 36.3 Å². The summed E-state index contributed by atoms with van der Waals surface area (Å²) >= 11 is 0. The van der Waals surface area contributed by atoms with Crippen molar-refractivity contribution >= 4 is 23.0 Å². The minimum atomic E-state index is 0.0692. The average Bonchev–Trinajstić information content (AvgIpc) is 2.65. The van der Waals surface area contributed by atoms with Gasteiger partial charge >= 0.3 is 0 Å². The van der Waals surface area contributed by atoms with E-state index in [2.05, 4.69) is 37.4 Å². The van der Waals surface area contributed by atoms with Gasteiger partial charge in [0.2, 0.25) is 5.91 Å². The minimum Gasteiger partial charge on any atom is -0.324 e. The Kier molecular flexibility index (Phi) is 6.63. The predicted octanol–water partition coefficient (Wildman–Crippen LogP) is 5.41. The van der Waals surface area contributed by atoms with E-state index in [-0.39, 0.29) is 5.91 Å². The molecule has 0 spiro atoms. The lowest BCUT2D eigenvalue weighted by Crippen LogP contribution is -2.14. The molecule has 22 heavy (non-hydrogen) atoms. The lowest BCUT2D eigenvalue weighted by Gasteiger charge is -2.07. The van der Waals surface area contributed by atoms with Crippen LogP contribution in [0.25, 0.3) is 0 Å². The first-order valence-electron chi connectivity index (χ1n) is 8.72. The van der Waals surface area contributed by atoms with Crippen LogP contribution in [-0.4, -0.2) is 11.6 Å². The number of nitrogens with one attached hydrogen (secondary N) is 1. The molecule has 1 aromatic rings. The molecule has 0 saturated carbocycles. The Bertz CT molecular complexity index is 534. The van der Waals surface area contributed by atoms with E-state index in [9.17, 15) is 4.79 Å². The van der Waals surface area contributed by atoms with Crippen molar-refractivity contribution in [3.05, 3.63) is 23.8 Å². The van der Waals surface area contributed by atoms with E-state index in [0.29, 0.717) is 6.42 Å². The van der Waals surface area contributed by atoms with Crippen molar-refractivity contribution in [2.45, 2.75) is 71.6 Å². The SMILES string of the molecule is CCCCCC1=Nc2ccc(CCCCC)cc2NC(=O)C1. The summed E-state index contributed by atoms with van der Waals surface area (Å²) in [6, 6.07) is 6.31. The fourth-order valence-corrected chi connectivity index (χ4v) is 2.83. The molecule has 0 bridgehead atoms. The van der Waals surface area contributed by atoms with Gasteiger partial charge in [-0.2, -0.15) is 0 Å². The molecule has 1 N–H and O–H groups in total. The van der Waals surface area contributed by atoms with Gasteiger partial charge in [0.1, 0.15) is 0 Å². The topological polar surface area (TPSA) is 41.5 Å². The molecular formula is C19H28N2O. The van der Waals surface area contributed by atoms with Crippen LogP contribution in [0, 0.1) is 0 Å². The van der Waals surface area contributed by atoms with Crippen LogP contribution in [0.2, 0.25) is 0 Å². The van der Waals surface area contributed by atoms with E-state index in [1.165, 1.54) is 37.7 Å². The summed E-state index contributed by atoms with van der Waals surface area (Å²) in [5.74, 6) is 0.0692. The van der Waals surface area contributed by atoms with Gasteiger partial charge in [0.15, 0.2) is 0 Å². The molecule has 1 aliphatic rings. The molecule has 1 aliphatic heterocycles. The summed E-state index contributed by atoms with van der Waals surface area (Å²) in [4.78, 5) is 16.8. The number of anilines is 1. The van der Waals surface area contributed by atoms with Crippen LogP contribution in [0.5, 0.6) is 0 Å². The third kappa shape index (κ3) is 4.97. The first-order chi connectivity index (χ1) is 10.7. The number of rotatable bonds is 8. The summed E-state index contributed by atoms with van der Waals surface area (Å²) in [7, 11) is 0. The van der Waals surface area contributed by atoms with Gasteiger partial charge in [-0.05, 0) is 43.4 Å². The Hall–Kier alpha value is -1.64. The zero-order valence-electron chi connectivity index (χ0n) is 14.0. The van der Waals surface area contributed by atoms with Crippen LogP contribution in [0.3, 0.4) is 0 Å². The van der Waals surface area contributed by atoms with Crippen LogP contribution in [0.15, 0.2) is 23.2 Å². The predicted molar refractivity (Wildman–Crippen MR) is 94.2 cm³/mol. The number of hydrogen-bond donors (Lipinski definition) is 1. The fraction of sp³-hybridized carbons (Fsp3) is 0.579. The van der Waals surface area contributed by atoms with E-state index in [1.807, 2.05) is 0 Å². The van der Waals surface area contributed by atoms with Crippen molar-refractivity contribution in [1.29, 1.82) is 0 Å². The quantitative estimate of drug-likeness (QED) is 0.640. The van der Waals surface area contributed by atoms with Crippen molar-refractivity contribution in [3.8, 4) is 0 Å².